The van der Waals surface area contributed by atoms with Crippen LogP contribution in [0.4, 0.5) is 0 Å². The molecule has 0 atom stereocenters. The minimum absolute atomic E-state index is 0.0234. The third-order valence-electron chi connectivity index (χ3n) is 2.38. The van der Waals surface area contributed by atoms with E-state index in [0.717, 1.165) is 0 Å². The lowest BCUT2D eigenvalue weighted by Gasteiger charge is -2.12. The first-order valence-electron chi connectivity index (χ1n) is 5.98. The zero-order chi connectivity index (χ0) is 15.3. The molecule has 20 heavy (non-hydrogen) atoms. The van der Waals surface area contributed by atoms with Crippen molar-refractivity contribution >= 4 is 33.2 Å². The third-order valence-corrected chi connectivity index (χ3v) is 4.65. The molecule has 0 spiro atoms. The first kappa shape index (κ1) is 17.7. The third kappa shape index (κ3) is 4.87. The van der Waals surface area contributed by atoms with Crippen molar-refractivity contribution in [3.8, 4) is 0 Å². The summed E-state index contributed by atoms with van der Waals surface area (Å²) in [6.07, 6.45) is 0.0234. The van der Waals surface area contributed by atoms with Crippen LogP contribution in [0, 0.1) is 0 Å². The Labute approximate surface area is 128 Å². The van der Waals surface area contributed by atoms with Gasteiger partial charge in [0.25, 0.3) is 0 Å². The monoisotopic (exact) mass is 341 g/mol. The van der Waals surface area contributed by atoms with Gasteiger partial charge >= 0.3 is 0 Å². The number of nitrogens with one attached hydrogen (secondary N) is 1. The number of ether oxygens (including phenoxy) is 1. The Hall–Kier alpha value is -0.370. The van der Waals surface area contributed by atoms with Gasteiger partial charge in [0.15, 0.2) is 0 Å². The van der Waals surface area contributed by atoms with Crippen LogP contribution in [0.1, 0.15) is 19.4 Å². The fourth-order valence-electron chi connectivity index (χ4n) is 1.48. The van der Waals surface area contributed by atoms with Crippen LogP contribution in [0.5, 0.6) is 0 Å². The van der Waals surface area contributed by atoms with Crippen molar-refractivity contribution in [3.05, 3.63) is 27.7 Å². The summed E-state index contributed by atoms with van der Waals surface area (Å²) in [5, 5.41) is 9.29. The summed E-state index contributed by atoms with van der Waals surface area (Å²) < 4.78 is 31.9. The Morgan fingerprint density at radius 2 is 2.00 bits per heavy atom. The number of aliphatic hydroxyl groups is 1. The van der Waals surface area contributed by atoms with E-state index < -0.39 is 16.6 Å². The lowest BCUT2D eigenvalue weighted by atomic mass is 10.2. The molecular formula is C12H17Cl2NO4S. The summed E-state index contributed by atoms with van der Waals surface area (Å²) in [6, 6.07) is 2.67. The summed E-state index contributed by atoms with van der Waals surface area (Å²) in [5.41, 5.74) is 0.262. The van der Waals surface area contributed by atoms with E-state index in [0.29, 0.717) is 0 Å². The lowest BCUT2D eigenvalue weighted by molar-refractivity contribution is 0.0834. The van der Waals surface area contributed by atoms with Crippen molar-refractivity contribution in [2.24, 2.45) is 0 Å². The molecule has 1 rings (SSSR count). The van der Waals surface area contributed by atoms with Crippen LogP contribution < -0.4 is 4.72 Å². The maximum Gasteiger partial charge on any atom is 0.242 e. The van der Waals surface area contributed by atoms with E-state index in [1.807, 2.05) is 13.8 Å². The van der Waals surface area contributed by atoms with Gasteiger partial charge in [0.2, 0.25) is 10.0 Å². The fraction of sp³-hybridized carbons (Fsp3) is 0.500. The molecule has 0 heterocycles. The highest BCUT2D eigenvalue weighted by atomic mass is 35.5. The maximum atomic E-state index is 12.1. The average Bonchev–Trinajstić information content (AvgIpc) is 2.36. The van der Waals surface area contributed by atoms with Crippen LogP contribution >= 0.6 is 23.2 Å². The predicted molar refractivity (Wildman–Crippen MR) is 78.7 cm³/mol. The van der Waals surface area contributed by atoms with Crippen LogP contribution in [0.3, 0.4) is 0 Å². The maximum absolute atomic E-state index is 12.1. The molecule has 0 saturated carbocycles. The molecular weight excluding hydrogens is 325 g/mol. The highest BCUT2D eigenvalue weighted by Crippen LogP contribution is 2.29. The van der Waals surface area contributed by atoms with Gasteiger partial charge < -0.3 is 9.84 Å². The molecule has 2 N–H and O–H groups in total. The van der Waals surface area contributed by atoms with E-state index in [-0.39, 0.29) is 39.8 Å². The van der Waals surface area contributed by atoms with Crippen LogP contribution in [-0.4, -0.2) is 32.8 Å². The van der Waals surface area contributed by atoms with E-state index in [1.165, 1.54) is 12.1 Å². The molecule has 0 bridgehead atoms. The minimum Gasteiger partial charge on any atom is -0.392 e. The second-order valence-corrected chi connectivity index (χ2v) is 6.90. The zero-order valence-corrected chi connectivity index (χ0v) is 13.5. The SMILES string of the molecule is CC(C)OCCNS(=O)(=O)c1cc(Cl)cc(CO)c1Cl. The highest BCUT2D eigenvalue weighted by Gasteiger charge is 2.20. The number of hydrogen-bond donors (Lipinski definition) is 2. The van der Waals surface area contributed by atoms with Gasteiger partial charge in [-0.15, -0.1) is 0 Å². The lowest BCUT2D eigenvalue weighted by Crippen LogP contribution is -2.28. The fourth-order valence-corrected chi connectivity index (χ4v) is 3.41. The highest BCUT2D eigenvalue weighted by molar-refractivity contribution is 7.89. The van der Waals surface area contributed by atoms with E-state index in [2.05, 4.69) is 4.72 Å². The Bertz CT molecular complexity index is 561. The van der Waals surface area contributed by atoms with Gasteiger partial charge in [0.05, 0.1) is 24.3 Å². The average molecular weight is 342 g/mol. The molecule has 0 amide bonds. The van der Waals surface area contributed by atoms with Crippen LogP contribution in [0.15, 0.2) is 17.0 Å². The predicted octanol–water partition coefficient (Wildman–Crippen LogP) is 2.19. The second-order valence-electron chi connectivity index (χ2n) is 4.35. The topological polar surface area (TPSA) is 75.6 Å². The van der Waals surface area contributed by atoms with Crippen molar-refractivity contribution in [3.63, 3.8) is 0 Å². The Balaban J connectivity index is 2.90. The van der Waals surface area contributed by atoms with E-state index in [9.17, 15) is 8.42 Å². The van der Waals surface area contributed by atoms with E-state index in [1.54, 1.807) is 0 Å². The summed E-state index contributed by atoms with van der Waals surface area (Å²) in [5.74, 6) is 0. The van der Waals surface area contributed by atoms with Crippen LogP contribution in [0.25, 0.3) is 0 Å². The molecule has 0 saturated heterocycles. The first-order valence-corrected chi connectivity index (χ1v) is 8.22. The number of benzene rings is 1. The van der Waals surface area contributed by atoms with Gasteiger partial charge in [-0.05, 0) is 31.5 Å². The van der Waals surface area contributed by atoms with Gasteiger partial charge in [-0.25, -0.2) is 13.1 Å². The summed E-state index contributed by atoms with van der Waals surface area (Å²) in [4.78, 5) is -0.153. The van der Waals surface area contributed by atoms with Gasteiger partial charge in [0, 0.05) is 11.6 Å². The van der Waals surface area contributed by atoms with Gasteiger partial charge in [-0.2, -0.15) is 0 Å². The largest absolute Gasteiger partial charge is 0.392 e. The molecule has 0 unspecified atom stereocenters. The smallest absolute Gasteiger partial charge is 0.242 e. The number of sulfonamides is 1. The molecule has 0 fully saturated rings. The molecule has 0 aliphatic carbocycles. The molecule has 0 aromatic heterocycles. The number of rotatable bonds is 7. The summed E-state index contributed by atoms with van der Waals surface area (Å²) >= 11 is 11.8. The molecule has 1 aromatic carbocycles. The minimum atomic E-state index is -3.80. The molecule has 0 aliphatic rings. The zero-order valence-electron chi connectivity index (χ0n) is 11.2. The Morgan fingerprint density at radius 1 is 1.35 bits per heavy atom. The van der Waals surface area contributed by atoms with Crippen molar-refractivity contribution < 1.29 is 18.3 Å². The standard InChI is InChI=1S/C12H17Cl2NO4S/c1-8(2)19-4-3-15-20(17,18)11-6-10(13)5-9(7-16)12(11)14/h5-6,8,15-16H,3-4,7H2,1-2H3. The Morgan fingerprint density at radius 3 is 2.55 bits per heavy atom. The van der Waals surface area contributed by atoms with Gasteiger partial charge in [-0.3, -0.25) is 0 Å². The number of aliphatic hydroxyl groups excluding tert-OH is 1. The van der Waals surface area contributed by atoms with E-state index in [4.69, 9.17) is 33.0 Å². The summed E-state index contributed by atoms with van der Waals surface area (Å²) in [7, 11) is -3.80. The number of hydrogen-bond acceptors (Lipinski definition) is 4. The second kappa shape index (κ2) is 7.59. The van der Waals surface area contributed by atoms with Gasteiger partial charge in [0.1, 0.15) is 4.90 Å². The molecule has 1 aromatic rings. The Kier molecular flexibility index (Phi) is 6.71. The number of halogens is 2. The van der Waals surface area contributed by atoms with Crippen molar-refractivity contribution in [1.82, 2.24) is 4.72 Å². The molecule has 5 nitrogen and oxygen atoms in total. The van der Waals surface area contributed by atoms with Crippen molar-refractivity contribution in [1.29, 1.82) is 0 Å². The molecule has 0 radical (unpaired) electrons. The molecule has 0 aliphatic heterocycles. The first-order chi connectivity index (χ1) is 9.27. The summed E-state index contributed by atoms with van der Waals surface area (Å²) in [6.45, 7) is 3.70. The molecule has 114 valence electrons. The normalized spacial score (nSPS) is 12.1. The van der Waals surface area contributed by atoms with E-state index >= 15 is 0 Å². The quantitative estimate of drug-likeness (QED) is 0.745. The van der Waals surface area contributed by atoms with Crippen molar-refractivity contribution in [2.75, 3.05) is 13.2 Å². The molecule has 8 heteroatoms. The van der Waals surface area contributed by atoms with Crippen LogP contribution in [0.2, 0.25) is 10.0 Å². The van der Waals surface area contributed by atoms with Crippen molar-refractivity contribution in [2.45, 2.75) is 31.5 Å². The van der Waals surface area contributed by atoms with Gasteiger partial charge in [-0.1, -0.05) is 23.2 Å². The van der Waals surface area contributed by atoms with Crippen LogP contribution in [-0.2, 0) is 21.4 Å².